The molecule has 2 aromatic carbocycles. The third kappa shape index (κ3) is 3.75. The summed E-state index contributed by atoms with van der Waals surface area (Å²) in [7, 11) is 4.83. The summed E-state index contributed by atoms with van der Waals surface area (Å²) in [5.41, 5.74) is 3.25. The van der Waals surface area contributed by atoms with Gasteiger partial charge in [0, 0.05) is 23.3 Å². The lowest BCUT2D eigenvalue weighted by Crippen LogP contribution is -2.27. The largest absolute Gasteiger partial charge is 0.497 e. The molecule has 0 saturated heterocycles. The lowest BCUT2D eigenvalue weighted by molar-refractivity contribution is -0.116. The van der Waals surface area contributed by atoms with Crippen molar-refractivity contribution in [1.82, 2.24) is 10.3 Å². The van der Waals surface area contributed by atoms with Crippen molar-refractivity contribution in [2.45, 2.75) is 24.8 Å². The molecular formula is C24H24N4O5. The fourth-order valence-corrected chi connectivity index (χ4v) is 4.51. The van der Waals surface area contributed by atoms with E-state index >= 15 is 0 Å². The molecule has 3 aromatic rings. The van der Waals surface area contributed by atoms with Crippen molar-refractivity contribution in [3.63, 3.8) is 0 Å². The van der Waals surface area contributed by atoms with Gasteiger partial charge in [-0.1, -0.05) is 12.1 Å². The Morgan fingerprint density at radius 3 is 2.36 bits per heavy atom. The molecule has 0 amide bonds. The van der Waals surface area contributed by atoms with Gasteiger partial charge < -0.3 is 24.8 Å². The van der Waals surface area contributed by atoms with Gasteiger partial charge in [0.05, 0.1) is 27.4 Å². The summed E-state index contributed by atoms with van der Waals surface area (Å²) < 4.78 is 21.3. The quantitative estimate of drug-likeness (QED) is 0.597. The van der Waals surface area contributed by atoms with Crippen LogP contribution < -0.4 is 24.8 Å². The van der Waals surface area contributed by atoms with Gasteiger partial charge in [0.1, 0.15) is 17.2 Å². The summed E-state index contributed by atoms with van der Waals surface area (Å²) in [6.45, 7) is 0. The molecule has 0 fully saturated rings. The van der Waals surface area contributed by atoms with Crippen molar-refractivity contribution >= 4 is 17.4 Å². The number of hydrogen-bond acceptors (Lipinski definition) is 9. The Labute approximate surface area is 190 Å². The molecule has 33 heavy (non-hydrogen) atoms. The standard InChI is InChI=1S/C24H24N4O5/c1-30-15-6-4-13(5-7-15)14-10-18-21(19(29)11-14)22(26-24-23(25-18)27-33-28-24)17-12-16(31-2)8-9-20(17)32-3/h4-9,12,14,22H,10-11H2,1-3H3,(H,25,27)(H,26,28)/t14-,22-/m1/s1. The van der Waals surface area contributed by atoms with Gasteiger partial charge in [-0.15, -0.1) is 0 Å². The number of hydrogen-bond donors (Lipinski definition) is 2. The molecule has 0 unspecified atom stereocenters. The molecule has 0 radical (unpaired) electrons. The van der Waals surface area contributed by atoms with Crippen LogP contribution in [0.3, 0.4) is 0 Å². The predicted octanol–water partition coefficient (Wildman–Crippen LogP) is 4.07. The first-order valence-electron chi connectivity index (χ1n) is 10.6. The lowest BCUT2D eigenvalue weighted by Gasteiger charge is -2.30. The smallest absolute Gasteiger partial charge is 0.219 e. The summed E-state index contributed by atoms with van der Waals surface area (Å²) in [6.07, 6.45) is 1.01. The fourth-order valence-electron chi connectivity index (χ4n) is 4.51. The van der Waals surface area contributed by atoms with E-state index in [0.29, 0.717) is 41.5 Å². The Balaban J connectivity index is 1.60. The number of anilines is 2. The molecule has 1 aromatic heterocycles. The maximum atomic E-state index is 13.6. The molecule has 0 bridgehead atoms. The molecule has 170 valence electrons. The number of methoxy groups -OCH3 is 3. The van der Waals surface area contributed by atoms with E-state index in [-0.39, 0.29) is 11.7 Å². The minimum Gasteiger partial charge on any atom is -0.497 e. The number of allylic oxidation sites excluding steroid dienone is 1. The van der Waals surface area contributed by atoms with E-state index in [1.54, 1.807) is 21.3 Å². The maximum absolute atomic E-state index is 13.6. The van der Waals surface area contributed by atoms with E-state index in [9.17, 15) is 4.79 Å². The van der Waals surface area contributed by atoms with Crippen molar-refractivity contribution in [2.24, 2.45) is 0 Å². The van der Waals surface area contributed by atoms with Gasteiger partial charge in [-0.25, -0.2) is 4.63 Å². The van der Waals surface area contributed by atoms with E-state index in [0.717, 1.165) is 22.6 Å². The third-order valence-electron chi connectivity index (χ3n) is 6.17. The molecule has 2 N–H and O–H groups in total. The van der Waals surface area contributed by atoms with Crippen LogP contribution in [0.5, 0.6) is 17.2 Å². The van der Waals surface area contributed by atoms with Gasteiger partial charge in [-0.2, -0.15) is 0 Å². The van der Waals surface area contributed by atoms with Crippen LogP contribution in [0.1, 0.15) is 35.9 Å². The number of carbonyl (C=O) groups is 1. The first kappa shape index (κ1) is 20.9. The molecule has 0 saturated carbocycles. The van der Waals surface area contributed by atoms with Gasteiger partial charge in [0.2, 0.25) is 11.6 Å². The fraction of sp³-hybridized carbons (Fsp3) is 0.292. The average molecular weight is 448 g/mol. The van der Waals surface area contributed by atoms with Crippen LogP contribution in [0.4, 0.5) is 11.6 Å². The minimum atomic E-state index is -0.519. The summed E-state index contributed by atoms with van der Waals surface area (Å²) in [5, 5.41) is 14.6. The lowest BCUT2D eigenvalue weighted by atomic mass is 9.78. The van der Waals surface area contributed by atoms with Gasteiger partial charge >= 0.3 is 0 Å². The Morgan fingerprint density at radius 2 is 1.64 bits per heavy atom. The number of nitrogens with zero attached hydrogens (tertiary/aromatic N) is 2. The zero-order chi connectivity index (χ0) is 22.9. The molecule has 2 atom stereocenters. The van der Waals surface area contributed by atoms with Crippen molar-refractivity contribution in [1.29, 1.82) is 0 Å². The van der Waals surface area contributed by atoms with E-state index in [2.05, 4.69) is 20.9 Å². The summed E-state index contributed by atoms with van der Waals surface area (Å²) in [6, 6.07) is 12.8. The first-order chi connectivity index (χ1) is 16.1. The van der Waals surface area contributed by atoms with Crippen LogP contribution in [0.25, 0.3) is 0 Å². The number of Topliss-reactive ketones (excluding diaryl/α,β-unsaturated/α-hetero) is 1. The Morgan fingerprint density at radius 1 is 0.909 bits per heavy atom. The number of benzene rings is 2. The highest BCUT2D eigenvalue weighted by Gasteiger charge is 2.38. The molecular weight excluding hydrogens is 424 g/mol. The van der Waals surface area contributed by atoms with Crippen molar-refractivity contribution < 1.29 is 23.6 Å². The number of ketones is 1. The van der Waals surface area contributed by atoms with E-state index in [1.165, 1.54) is 0 Å². The second-order valence-electron chi connectivity index (χ2n) is 7.97. The minimum absolute atomic E-state index is 0.0175. The van der Waals surface area contributed by atoms with Crippen LogP contribution >= 0.6 is 0 Å². The summed E-state index contributed by atoms with van der Waals surface area (Å²) >= 11 is 0. The number of carbonyl (C=O) groups excluding carboxylic acids is 1. The average Bonchev–Trinajstić information content (AvgIpc) is 3.22. The maximum Gasteiger partial charge on any atom is 0.219 e. The highest BCUT2D eigenvalue weighted by molar-refractivity contribution is 6.01. The van der Waals surface area contributed by atoms with E-state index < -0.39 is 6.04 Å². The Kier molecular flexibility index (Phi) is 5.37. The molecule has 9 heteroatoms. The second-order valence-corrected chi connectivity index (χ2v) is 7.97. The second kappa shape index (κ2) is 8.50. The van der Waals surface area contributed by atoms with Crippen molar-refractivity contribution in [3.05, 3.63) is 64.9 Å². The molecule has 9 nitrogen and oxygen atoms in total. The number of ether oxygens (including phenoxy) is 3. The number of nitrogens with one attached hydrogen (secondary N) is 2. The SMILES string of the molecule is COc1ccc([C@H]2CC(=O)C3=C(C2)Nc2nonc2N[C@@H]3c2cc(OC)ccc2OC)cc1. The van der Waals surface area contributed by atoms with Gasteiger partial charge in [0.25, 0.3) is 0 Å². The van der Waals surface area contributed by atoms with E-state index in [1.807, 2.05) is 42.5 Å². The van der Waals surface area contributed by atoms with Gasteiger partial charge in [0.15, 0.2) is 5.78 Å². The highest BCUT2D eigenvalue weighted by atomic mass is 16.6. The number of fused-ring (bicyclic) bond motifs is 1. The molecule has 2 heterocycles. The van der Waals surface area contributed by atoms with Crippen molar-refractivity contribution in [3.8, 4) is 17.2 Å². The summed E-state index contributed by atoms with van der Waals surface area (Å²) in [5.74, 6) is 2.98. The van der Waals surface area contributed by atoms with Crippen LogP contribution in [-0.4, -0.2) is 37.4 Å². The molecule has 2 aliphatic rings. The molecule has 0 spiro atoms. The normalized spacial score (nSPS) is 19.5. The third-order valence-corrected chi connectivity index (χ3v) is 6.17. The van der Waals surface area contributed by atoms with Crippen molar-refractivity contribution in [2.75, 3.05) is 32.0 Å². The Hall–Kier alpha value is -4.01. The van der Waals surface area contributed by atoms with Crippen LogP contribution in [-0.2, 0) is 4.79 Å². The summed E-state index contributed by atoms with van der Waals surface area (Å²) in [4.78, 5) is 13.6. The first-order valence-corrected chi connectivity index (χ1v) is 10.6. The Bertz CT molecular complexity index is 1220. The van der Waals surface area contributed by atoms with E-state index in [4.69, 9.17) is 18.8 Å². The van der Waals surface area contributed by atoms with Crippen LogP contribution in [0, 0.1) is 0 Å². The number of rotatable bonds is 5. The number of aromatic nitrogens is 2. The zero-order valence-corrected chi connectivity index (χ0v) is 18.5. The van der Waals surface area contributed by atoms with Gasteiger partial charge in [-0.3, -0.25) is 4.79 Å². The zero-order valence-electron chi connectivity index (χ0n) is 18.5. The van der Waals surface area contributed by atoms with Crippen LogP contribution in [0.2, 0.25) is 0 Å². The molecule has 5 rings (SSSR count). The van der Waals surface area contributed by atoms with Gasteiger partial charge in [-0.05, 0) is 58.5 Å². The van der Waals surface area contributed by atoms with Crippen LogP contribution in [0.15, 0.2) is 58.4 Å². The molecule has 1 aliphatic heterocycles. The monoisotopic (exact) mass is 448 g/mol. The highest BCUT2D eigenvalue weighted by Crippen LogP contribution is 2.45. The molecule has 1 aliphatic carbocycles. The predicted molar refractivity (Wildman–Crippen MR) is 121 cm³/mol. The topological polar surface area (TPSA) is 108 Å².